The highest BCUT2D eigenvalue weighted by Crippen LogP contribution is 2.38. The SMILES string of the molecule is NS(=O)(=O)c1cc(C(=O)O)cc(NCC2CCC2)c1Oc1ccccc1. The molecule has 0 aromatic heterocycles. The monoisotopic (exact) mass is 376 g/mol. The molecule has 1 fully saturated rings. The number of hydrogen-bond donors (Lipinski definition) is 3. The third-order valence-electron chi connectivity index (χ3n) is 4.38. The number of sulfonamides is 1. The molecule has 0 saturated heterocycles. The lowest BCUT2D eigenvalue weighted by Gasteiger charge is -2.26. The predicted octanol–water partition coefficient (Wildman–Crippen LogP) is 3.04. The summed E-state index contributed by atoms with van der Waals surface area (Å²) in [5, 5.41) is 17.8. The molecule has 2 aromatic carbocycles. The molecule has 0 radical (unpaired) electrons. The van der Waals surface area contributed by atoms with Gasteiger partial charge in [-0.25, -0.2) is 18.4 Å². The summed E-state index contributed by atoms with van der Waals surface area (Å²) < 4.78 is 29.9. The fraction of sp³-hybridized carbons (Fsp3) is 0.278. The largest absolute Gasteiger partial charge is 0.478 e. The van der Waals surface area contributed by atoms with E-state index in [9.17, 15) is 18.3 Å². The van der Waals surface area contributed by atoms with Crippen LogP contribution in [0, 0.1) is 5.92 Å². The van der Waals surface area contributed by atoms with Gasteiger partial charge in [0.05, 0.1) is 11.3 Å². The smallest absolute Gasteiger partial charge is 0.335 e. The van der Waals surface area contributed by atoms with Crippen molar-refractivity contribution in [3.8, 4) is 11.5 Å². The van der Waals surface area contributed by atoms with E-state index in [0.29, 0.717) is 23.9 Å². The summed E-state index contributed by atoms with van der Waals surface area (Å²) in [6.45, 7) is 0.609. The van der Waals surface area contributed by atoms with Crippen molar-refractivity contribution in [1.82, 2.24) is 0 Å². The summed E-state index contributed by atoms with van der Waals surface area (Å²) in [6.07, 6.45) is 3.34. The van der Waals surface area contributed by atoms with Crippen molar-refractivity contribution in [3.63, 3.8) is 0 Å². The van der Waals surface area contributed by atoms with Gasteiger partial charge >= 0.3 is 5.97 Å². The summed E-state index contributed by atoms with van der Waals surface area (Å²) in [6, 6.07) is 11.0. The zero-order valence-corrected chi connectivity index (χ0v) is 14.8. The number of ether oxygens (including phenoxy) is 1. The molecule has 138 valence electrons. The second-order valence-electron chi connectivity index (χ2n) is 6.29. The summed E-state index contributed by atoms with van der Waals surface area (Å²) >= 11 is 0. The molecule has 7 nitrogen and oxygen atoms in total. The topological polar surface area (TPSA) is 119 Å². The van der Waals surface area contributed by atoms with E-state index >= 15 is 0 Å². The second-order valence-corrected chi connectivity index (χ2v) is 7.82. The first kappa shape index (κ1) is 18.2. The first-order valence-corrected chi connectivity index (χ1v) is 9.80. The molecule has 2 aromatic rings. The minimum atomic E-state index is -4.19. The highest BCUT2D eigenvalue weighted by molar-refractivity contribution is 7.89. The Kier molecular flexibility index (Phi) is 5.15. The highest BCUT2D eigenvalue weighted by Gasteiger charge is 2.25. The van der Waals surface area contributed by atoms with Gasteiger partial charge in [0.1, 0.15) is 10.6 Å². The van der Waals surface area contributed by atoms with Gasteiger partial charge in [-0.15, -0.1) is 0 Å². The molecule has 0 amide bonds. The number of carboxylic acids is 1. The first-order chi connectivity index (χ1) is 12.3. The number of benzene rings is 2. The zero-order chi connectivity index (χ0) is 18.7. The van der Waals surface area contributed by atoms with Crippen LogP contribution in [0.25, 0.3) is 0 Å². The first-order valence-electron chi connectivity index (χ1n) is 8.25. The molecular formula is C18H20N2O5S. The third kappa shape index (κ3) is 4.14. The molecule has 0 atom stereocenters. The van der Waals surface area contributed by atoms with Crippen LogP contribution in [0.5, 0.6) is 11.5 Å². The molecule has 0 bridgehead atoms. The molecule has 3 rings (SSSR count). The van der Waals surface area contributed by atoms with Gasteiger partial charge in [0.15, 0.2) is 5.75 Å². The molecule has 1 aliphatic carbocycles. The molecule has 0 heterocycles. The summed E-state index contributed by atoms with van der Waals surface area (Å²) in [5.74, 6) is -0.339. The van der Waals surface area contributed by atoms with Gasteiger partial charge in [0, 0.05) is 6.54 Å². The molecule has 0 aliphatic heterocycles. The Labute approximate surface area is 151 Å². The molecule has 26 heavy (non-hydrogen) atoms. The van der Waals surface area contributed by atoms with E-state index in [1.165, 1.54) is 6.07 Å². The van der Waals surface area contributed by atoms with Crippen LogP contribution >= 0.6 is 0 Å². The number of nitrogens with two attached hydrogens (primary N) is 1. The number of para-hydroxylation sites is 1. The summed E-state index contributed by atoms with van der Waals surface area (Å²) in [4.78, 5) is 11.0. The van der Waals surface area contributed by atoms with Crippen LogP contribution in [0.1, 0.15) is 29.6 Å². The van der Waals surface area contributed by atoms with Crippen molar-refractivity contribution < 1.29 is 23.1 Å². The summed E-state index contributed by atoms with van der Waals surface area (Å²) in [5.41, 5.74) is 0.121. The number of nitrogens with one attached hydrogen (secondary N) is 1. The second kappa shape index (κ2) is 7.35. The van der Waals surface area contributed by atoms with Gasteiger partial charge in [-0.3, -0.25) is 0 Å². The lowest BCUT2D eigenvalue weighted by Crippen LogP contribution is -2.22. The maximum atomic E-state index is 12.1. The molecule has 0 spiro atoms. The number of carbonyl (C=O) groups is 1. The number of rotatable bonds is 7. The van der Waals surface area contributed by atoms with Gasteiger partial charge in [0.25, 0.3) is 0 Å². The number of carboxylic acid groups (broad SMARTS) is 1. The van der Waals surface area contributed by atoms with Gasteiger partial charge in [-0.05, 0) is 43.0 Å². The predicted molar refractivity (Wildman–Crippen MR) is 97.1 cm³/mol. The third-order valence-corrected chi connectivity index (χ3v) is 5.29. The molecular weight excluding hydrogens is 356 g/mol. The Bertz CT molecular complexity index is 909. The average molecular weight is 376 g/mol. The molecule has 1 saturated carbocycles. The van der Waals surface area contributed by atoms with Crippen LogP contribution in [0.2, 0.25) is 0 Å². The Morgan fingerprint density at radius 1 is 1.23 bits per heavy atom. The van der Waals surface area contributed by atoms with Crippen LogP contribution in [0.3, 0.4) is 0 Å². The standard InChI is InChI=1S/C18H20N2O5S/c19-26(23,24)16-10-13(18(21)22)9-15(20-11-12-5-4-6-12)17(16)25-14-7-2-1-3-8-14/h1-3,7-10,12,20H,4-6,11H2,(H,21,22)(H2,19,23,24). The molecule has 1 aliphatic rings. The number of hydrogen-bond acceptors (Lipinski definition) is 5. The van der Waals surface area contributed by atoms with Crippen LogP contribution < -0.4 is 15.2 Å². The number of anilines is 1. The maximum Gasteiger partial charge on any atom is 0.335 e. The maximum absolute atomic E-state index is 12.1. The van der Waals surface area contributed by atoms with Crippen LogP contribution in [-0.2, 0) is 10.0 Å². The molecule has 4 N–H and O–H groups in total. The average Bonchev–Trinajstić information content (AvgIpc) is 2.54. The Balaban J connectivity index is 2.07. The van der Waals surface area contributed by atoms with Gasteiger partial charge in [0.2, 0.25) is 10.0 Å². The van der Waals surface area contributed by atoms with Crippen molar-refractivity contribution >= 4 is 21.7 Å². The van der Waals surface area contributed by atoms with Crippen LogP contribution in [0.15, 0.2) is 47.4 Å². The van der Waals surface area contributed by atoms with Crippen molar-refractivity contribution in [1.29, 1.82) is 0 Å². The Morgan fingerprint density at radius 2 is 1.92 bits per heavy atom. The van der Waals surface area contributed by atoms with E-state index in [1.807, 2.05) is 0 Å². The minimum absolute atomic E-state index is 0.00280. The van der Waals surface area contributed by atoms with Gasteiger partial charge in [-0.2, -0.15) is 0 Å². The van der Waals surface area contributed by atoms with E-state index in [1.54, 1.807) is 30.3 Å². The van der Waals surface area contributed by atoms with Crippen molar-refractivity contribution in [3.05, 3.63) is 48.0 Å². The number of aromatic carboxylic acids is 1. The zero-order valence-electron chi connectivity index (χ0n) is 14.0. The Morgan fingerprint density at radius 3 is 2.46 bits per heavy atom. The van der Waals surface area contributed by atoms with E-state index < -0.39 is 16.0 Å². The summed E-state index contributed by atoms with van der Waals surface area (Å²) in [7, 11) is -4.19. The normalized spacial score (nSPS) is 14.5. The lowest BCUT2D eigenvalue weighted by molar-refractivity contribution is 0.0696. The van der Waals surface area contributed by atoms with Crippen LogP contribution in [0.4, 0.5) is 5.69 Å². The fourth-order valence-corrected chi connectivity index (χ4v) is 3.43. The van der Waals surface area contributed by atoms with E-state index in [2.05, 4.69) is 5.32 Å². The van der Waals surface area contributed by atoms with E-state index in [4.69, 9.17) is 9.88 Å². The van der Waals surface area contributed by atoms with Gasteiger partial charge in [-0.1, -0.05) is 24.6 Å². The number of primary sulfonamides is 1. The quantitative estimate of drug-likeness (QED) is 0.683. The van der Waals surface area contributed by atoms with E-state index in [-0.39, 0.29) is 16.2 Å². The van der Waals surface area contributed by atoms with Crippen LogP contribution in [-0.4, -0.2) is 26.0 Å². The Hall–Kier alpha value is -2.58. The van der Waals surface area contributed by atoms with Crippen molar-refractivity contribution in [2.75, 3.05) is 11.9 Å². The van der Waals surface area contributed by atoms with E-state index in [0.717, 1.165) is 25.3 Å². The van der Waals surface area contributed by atoms with Crippen molar-refractivity contribution in [2.24, 2.45) is 11.1 Å². The highest BCUT2D eigenvalue weighted by atomic mass is 32.2. The minimum Gasteiger partial charge on any atom is -0.478 e. The van der Waals surface area contributed by atoms with Crippen molar-refractivity contribution in [2.45, 2.75) is 24.2 Å². The molecule has 8 heteroatoms. The van der Waals surface area contributed by atoms with Gasteiger partial charge < -0.3 is 15.2 Å². The lowest BCUT2D eigenvalue weighted by atomic mass is 9.85. The molecule has 0 unspecified atom stereocenters. The fourth-order valence-electron chi connectivity index (χ4n) is 2.73.